The first kappa shape index (κ1) is 16.7. The van der Waals surface area contributed by atoms with Crippen LogP contribution < -0.4 is 5.32 Å². The molecule has 2 N–H and O–H groups in total. The number of nitrogens with zero attached hydrogens (tertiary/aromatic N) is 3. The second kappa shape index (κ2) is 6.62. The molecule has 0 aliphatic carbocycles. The molecule has 1 aliphatic heterocycles. The minimum Gasteiger partial charge on any atom is -0.317 e. The molecule has 1 aliphatic rings. The monoisotopic (exact) mass is 333 g/mol. The molecule has 9 heteroatoms. The number of hydrogen-bond donors (Lipinski definition) is 2. The van der Waals surface area contributed by atoms with Gasteiger partial charge in [0.05, 0.1) is 0 Å². The number of halogens is 4. The number of hydrogen-bond acceptors (Lipinski definition) is 4. The summed E-state index contributed by atoms with van der Waals surface area (Å²) in [7, 11) is 0. The smallest absolute Gasteiger partial charge is 0.317 e. The zero-order chi connectivity index (χ0) is 14.9. The highest BCUT2D eigenvalue weighted by Gasteiger charge is 2.32. The summed E-state index contributed by atoms with van der Waals surface area (Å²) in [5, 5.41) is 10.1. The minimum atomic E-state index is -4.46. The third-order valence-electron chi connectivity index (χ3n) is 3.49. The number of pyridine rings is 1. The lowest BCUT2D eigenvalue weighted by atomic mass is 9.98. The first-order valence-electron chi connectivity index (χ1n) is 6.71. The van der Waals surface area contributed by atoms with Gasteiger partial charge in [-0.1, -0.05) is 6.07 Å². The van der Waals surface area contributed by atoms with Crippen LogP contribution in [0.4, 0.5) is 13.2 Å². The van der Waals surface area contributed by atoms with Gasteiger partial charge in [0.1, 0.15) is 11.4 Å². The summed E-state index contributed by atoms with van der Waals surface area (Å²) in [5.41, 5.74) is -0.780. The third kappa shape index (κ3) is 3.56. The van der Waals surface area contributed by atoms with Crippen molar-refractivity contribution in [3.63, 3.8) is 0 Å². The summed E-state index contributed by atoms with van der Waals surface area (Å²) in [6.45, 7) is 1.80. The molecule has 3 heterocycles. The predicted molar refractivity (Wildman–Crippen MR) is 76.7 cm³/mol. The standard InChI is InChI=1S/C13H14F3N5.ClH/c14-13(15,16)10-3-1-2-9(18-10)12-19-11(20-21-12)8-4-6-17-7-5-8;/h1-3,8,17H,4-7H2,(H,19,20,21);1H. The topological polar surface area (TPSA) is 66.5 Å². The molecule has 120 valence electrons. The minimum absolute atomic E-state index is 0. The Morgan fingerprint density at radius 2 is 1.82 bits per heavy atom. The van der Waals surface area contributed by atoms with Crippen molar-refractivity contribution in [2.75, 3.05) is 13.1 Å². The first-order chi connectivity index (χ1) is 10.0. The summed E-state index contributed by atoms with van der Waals surface area (Å²) in [6, 6.07) is 3.74. The van der Waals surface area contributed by atoms with Crippen molar-refractivity contribution >= 4 is 12.4 Å². The van der Waals surface area contributed by atoms with Gasteiger partial charge in [-0.05, 0) is 38.1 Å². The van der Waals surface area contributed by atoms with Crippen LogP contribution in [0.2, 0.25) is 0 Å². The number of rotatable bonds is 2. The highest BCUT2D eigenvalue weighted by Crippen LogP contribution is 2.29. The molecule has 1 saturated heterocycles. The molecule has 0 aromatic carbocycles. The molecule has 0 saturated carbocycles. The molecule has 1 fully saturated rings. The molecule has 5 nitrogen and oxygen atoms in total. The van der Waals surface area contributed by atoms with Crippen molar-refractivity contribution in [2.45, 2.75) is 24.9 Å². The second-order valence-corrected chi connectivity index (χ2v) is 4.97. The fraction of sp³-hybridized carbons (Fsp3) is 0.462. The summed E-state index contributed by atoms with van der Waals surface area (Å²) in [6.07, 6.45) is -2.62. The maximum atomic E-state index is 12.7. The molecule has 0 spiro atoms. The van der Waals surface area contributed by atoms with E-state index < -0.39 is 11.9 Å². The van der Waals surface area contributed by atoms with Gasteiger partial charge in [0.25, 0.3) is 0 Å². The predicted octanol–water partition coefficient (Wildman–Crippen LogP) is 2.77. The average Bonchev–Trinajstić information content (AvgIpc) is 2.97. The Kier molecular flexibility index (Phi) is 5.02. The van der Waals surface area contributed by atoms with Gasteiger partial charge >= 0.3 is 6.18 Å². The molecule has 0 bridgehead atoms. The molecular weight excluding hydrogens is 319 g/mol. The zero-order valence-electron chi connectivity index (χ0n) is 11.5. The summed E-state index contributed by atoms with van der Waals surface area (Å²) < 4.78 is 38.0. The Morgan fingerprint density at radius 3 is 2.50 bits per heavy atom. The fourth-order valence-electron chi connectivity index (χ4n) is 2.38. The fourth-order valence-corrected chi connectivity index (χ4v) is 2.38. The molecule has 0 atom stereocenters. The number of piperidine rings is 1. The van der Waals surface area contributed by atoms with Crippen LogP contribution in [0, 0.1) is 0 Å². The van der Waals surface area contributed by atoms with E-state index in [1.807, 2.05) is 0 Å². The van der Waals surface area contributed by atoms with Crippen LogP contribution in [0.5, 0.6) is 0 Å². The van der Waals surface area contributed by atoms with Gasteiger partial charge in [-0.15, -0.1) is 12.4 Å². The van der Waals surface area contributed by atoms with E-state index in [4.69, 9.17) is 0 Å². The number of H-pyrrole nitrogens is 1. The van der Waals surface area contributed by atoms with Crippen LogP contribution in [0.3, 0.4) is 0 Å². The number of nitrogens with one attached hydrogen (secondary N) is 2. The summed E-state index contributed by atoms with van der Waals surface area (Å²) >= 11 is 0. The maximum absolute atomic E-state index is 12.7. The van der Waals surface area contributed by atoms with Gasteiger partial charge in [0.2, 0.25) is 0 Å². The van der Waals surface area contributed by atoms with Gasteiger partial charge in [0.15, 0.2) is 11.6 Å². The van der Waals surface area contributed by atoms with Crippen LogP contribution in [-0.4, -0.2) is 33.3 Å². The van der Waals surface area contributed by atoms with Gasteiger partial charge in [-0.25, -0.2) is 9.97 Å². The van der Waals surface area contributed by atoms with Crippen molar-refractivity contribution in [3.8, 4) is 11.5 Å². The van der Waals surface area contributed by atoms with Crippen LogP contribution in [0.25, 0.3) is 11.5 Å². The van der Waals surface area contributed by atoms with Gasteiger partial charge in [0, 0.05) is 5.92 Å². The Hall–Kier alpha value is -1.67. The van der Waals surface area contributed by atoms with Crippen molar-refractivity contribution in [3.05, 3.63) is 29.7 Å². The van der Waals surface area contributed by atoms with Crippen molar-refractivity contribution in [2.24, 2.45) is 0 Å². The molecule has 2 aromatic heterocycles. The van der Waals surface area contributed by atoms with E-state index in [1.54, 1.807) is 0 Å². The van der Waals surface area contributed by atoms with Gasteiger partial charge in [-0.3, -0.25) is 5.10 Å². The normalized spacial score (nSPS) is 16.3. The lowest BCUT2D eigenvalue weighted by molar-refractivity contribution is -0.141. The van der Waals surface area contributed by atoms with Crippen LogP contribution in [0.1, 0.15) is 30.3 Å². The van der Waals surface area contributed by atoms with E-state index in [0.717, 1.165) is 32.0 Å². The van der Waals surface area contributed by atoms with Crippen molar-refractivity contribution in [1.82, 2.24) is 25.5 Å². The van der Waals surface area contributed by atoms with E-state index >= 15 is 0 Å². The highest BCUT2D eigenvalue weighted by molar-refractivity contribution is 5.85. The van der Waals surface area contributed by atoms with E-state index in [-0.39, 0.29) is 29.8 Å². The quantitative estimate of drug-likeness (QED) is 0.887. The SMILES string of the molecule is Cl.FC(F)(F)c1cccc(-c2nc(C3CCNCC3)n[nH]2)n1. The first-order valence-corrected chi connectivity index (χ1v) is 6.71. The largest absolute Gasteiger partial charge is 0.433 e. The van der Waals surface area contributed by atoms with E-state index in [9.17, 15) is 13.2 Å². The second-order valence-electron chi connectivity index (χ2n) is 4.97. The zero-order valence-corrected chi connectivity index (χ0v) is 12.3. The van der Waals surface area contributed by atoms with Gasteiger partial charge in [-0.2, -0.15) is 18.3 Å². The molecule has 2 aromatic rings. The number of alkyl halides is 3. The van der Waals surface area contributed by atoms with E-state index in [2.05, 4.69) is 25.5 Å². The van der Waals surface area contributed by atoms with Crippen molar-refractivity contribution in [1.29, 1.82) is 0 Å². The van der Waals surface area contributed by atoms with Crippen LogP contribution in [0.15, 0.2) is 18.2 Å². The Labute approximate surface area is 131 Å². The molecule has 0 amide bonds. The lowest BCUT2D eigenvalue weighted by Crippen LogP contribution is -2.27. The average molecular weight is 334 g/mol. The van der Waals surface area contributed by atoms with Crippen LogP contribution in [-0.2, 0) is 6.18 Å². The summed E-state index contributed by atoms with van der Waals surface area (Å²) in [4.78, 5) is 7.90. The van der Waals surface area contributed by atoms with E-state index in [1.165, 1.54) is 12.1 Å². The molecular formula is C13H15ClF3N5. The van der Waals surface area contributed by atoms with Gasteiger partial charge < -0.3 is 5.32 Å². The molecule has 22 heavy (non-hydrogen) atoms. The highest BCUT2D eigenvalue weighted by atomic mass is 35.5. The third-order valence-corrected chi connectivity index (χ3v) is 3.49. The van der Waals surface area contributed by atoms with Crippen molar-refractivity contribution < 1.29 is 13.2 Å². The Morgan fingerprint density at radius 1 is 1.09 bits per heavy atom. The lowest BCUT2D eigenvalue weighted by Gasteiger charge is -2.19. The molecule has 3 rings (SSSR count). The summed E-state index contributed by atoms with van der Waals surface area (Å²) in [5.74, 6) is 1.15. The Bertz CT molecular complexity index is 622. The number of aromatic nitrogens is 4. The Balaban J connectivity index is 0.00000176. The maximum Gasteiger partial charge on any atom is 0.433 e. The molecule has 0 radical (unpaired) electrons. The molecule has 0 unspecified atom stereocenters. The van der Waals surface area contributed by atoms with Crippen LogP contribution >= 0.6 is 12.4 Å². The number of aromatic amines is 1. The van der Waals surface area contributed by atoms with E-state index in [0.29, 0.717) is 5.82 Å².